The summed E-state index contributed by atoms with van der Waals surface area (Å²) < 4.78 is 6.68. The number of carbonyl (C=O) groups excluding carboxylic acids is 1. The van der Waals surface area contributed by atoms with E-state index in [9.17, 15) is 9.59 Å². The van der Waals surface area contributed by atoms with Gasteiger partial charge in [-0.3, -0.25) is 4.79 Å². The molecule has 0 atom stereocenters. The third kappa shape index (κ3) is 3.74. The van der Waals surface area contributed by atoms with Crippen LogP contribution in [0.4, 0.5) is 0 Å². The number of halogens is 2. The molecule has 1 aromatic heterocycles. The minimum Gasteiger partial charge on any atom is -0.420 e. The largest absolute Gasteiger partial charge is 0.420 e. The van der Waals surface area contributed by atoms with Crippen molar-refractivity contribution in [1.29, 1.82) is 0 Å². The van der Waals surface area contributed by atoms with Crippen molar-refractivity contribution >= 4 is 39.9 Å². The molecule has 134 valence electrons. The monoisotopic (exact) mass is 390 g/mol. The lowest BCUT2D eigenvalue weighted by Gasteiger charge is -2.12. The van der Waals surface area contributed by atoms with Crippen LogP contribution in [0.2, 0.25) is 10.0 Å². The summed E-state index contributed by atoms with van der Waals surface area (Å²) in [4.78, 5) is 25.3. The van der Waals surface area contributed by atoms with Crippen molar-refractivity contribution in [2.45, 2.75) is 20.4 Å². The fourth-order valence-electron chi connectivity index (χ4n) is 2.56. The molecule has 0 aliphatic rings. The number of rotatable bonds is 4. The van der Waals surface area contributed by atoms with Crippen molar-refractivity contribution in [1.82, 2.24) is 9.78 Å². The van der Waals surface area contributed by atoms with Gasteiger partial charge in [-0.05, 0) is 24.1 Å². The van der Waals surface area contributed by atoms with Gasteiger partial charge in [-0.2, -0.15) is 5.10 Å². The number of carbonyl (C=O) groups is 1. The van der Waals surface area contributed by atoms with E-state index in [1.807, 2.05) is 13.8 Å². The summed E-state index contributed by atoms with van der Waals surface area (Å²) in [7, 11) is 0. The van der Waals surface area contributed by atoms with Crippen LogP contribution in [0.15, 0.2) is 47.3 Å². The molecule has 0 aliphatic heterocycles. The zero-order valence-electron chi connectivity index (χ0n) is 14.2. The SMILES string of the molecule is CC(C)Cn1nc(C(=O)Oc2cc(Cl)ccc2Cl)c2ccccc2c1=O. The summed E-state index contributed by atoms with van der Waals surface area (Å²) >= 11 is 12.0. The van der Waals surface area contributed by atoms with Crippen LogP contribution < -0.4 is 10.3 Å². The molecule has 0 saturated heterocycles. The molecule has 0 saturated carbocycles. The highest BCUT2D eigenvalue weighted by Gasteiger charge is 2.20. The van der Waals surface area contributed by atoms with Gasteiger partial charge in [0.2, 0.25) is 0 Å². The Labute approximate surface area is 160 Å². The van der Waals surface area contributed by atoms with Gasteiger partial charge in [-0.1, -0.05) is 55.2 Å². The molecule has 0 aliphatic carbocycles. The summed E-state index contributed by atoms with van der Waals surface area (Å²) in [5.74, 6) is -0.382. The predicted octanol–water partition coefficient (Wildman–Crippen LogP) is 4.58. The molecule has 0 fully saturated rings. The highest BCUT2D eigenvalue weighted by molar-refractivity contribution is 6.34. The van der Waals surface area contributed by atoms with Crippen LogP contribution in [0.3, 0.4) is 0 Å². The molecule has 0 amide bonds. The summed E-state index contributed by atoms with van der Waals surface area (Å²) in [5.41, 5.74) is -0.191. The number of hydrogen-bond acceptors (Lipinski definition) is 4. The van der Waals surface area contributed by atoms with E-state index in [0.717, 1.165) is 0 Å². The average molecular weight is 391 g/mol. The highest BCUT2D eigenvalue weighted by Crippen LogP contribution is 2.28. The summed E-state index contributed by atoms with van der Waals surface area (Å²) in [6.45, 7) is 4.32. The maximum atomic E-state index is 12.7. The van der Waals surface area contributed by atoms with Gasteiger partial charge in [0.15, 0.2) is 11.4 Å². The summed E-state index contributed by atoms with van der Waals surface area (Å²) in [5, 5.41) is 5.72. The number of hydrogen-bond donors (Lipinski definition) is 0. The van der Waals surface area contributed by atoms with Crippen LogP contribution in [0.5, 0.6) is 5.75 Å². The quantitative estimate of drug-likeness (QED) is 0.483. The summed E-state index contributed by atoms with van der Waals surface area (Å²) in [6, 6.07) is 11.4. The smallest absolute Gasteiger partial charge is 0.364 e. The van der Waals surface area contributed by atoms with E-state index in [-0.39, 0.29) is 27.9 Å². The van der Waals surface area contributed by atoms with E-state index >= 15 is 0 Å². The summed E-state index contributed by atoms with van der Waals surface area (Å²) in [6.07, 6.45) is 0. The minimum absolute atomic E-state index is 0.0527. The van der Waals surface area contributed by atoms with Crippen molar-refractivity contribution < 1.29 is 9.53 Å². The van der Waals surface area contributed by atoms with Crippen LogP contribution in [-0.4, -0.2) is 15.7 Å². The molecule has 0 radical (unpaired) electrons. The normalized spacial score (nSPS) is 11.1. The van der Waals surface area contributed by atoms with Gasteiger partial charge in [0.25, 0.3) is 5.56 Å². The molecule has 0 spiro atoms. The number of benzene rings is 2. The molecule has 7 heteroatoms. The van der Waals surface area contributed by atoms with Crippen molar-refractivity contribution in [2.24, 2.45) is 5.92 Å². The van der Waals surface area contributed by atoms with E-state index in [4.69, 9.17) is 27.9 Å². The maximum absolute atomic E-state index is 12.7. The van der Waals surface area contributed by atoms with Gasteiger partial charge in [0.1, 0.15) is 0 Å². The second-order valence-corrected chi connectivity index (χ2v) is 7.08. The molecular formula is C19H16Cl2N2O3. The zero-order valence-corrected chi connectivity index (χ0v) is 15.7. The fourth-order valence-corrected chi connectivity index (χ4v) is 2.88. The third-order valence-corrected chi connectivity index (χ3v) is 4.24. The van der Waals surface area contributed by atoms with Gasteiger partial charge in [-0.15, -0.1) is 0 Å². The number of fused-ring (bicyclic) bond motifs is 1. The van der Waals surface area contributed by atoms with Crippen LogP contribution in [-0.2, 0) is 6.54 Å². The first-order valence-electron chi connectivity index (χ1n) is 8.04. The average Bonchev–Trinajstić information content (AvgIpc) is 2.60. The molecule has 2 aromatic carbocycles. The fraction of sp³-hybridized carbons (Fsp3) is 0.211. The van der Waals surface area contributed by atoms with Crippen molar-refractivity contribution in [3.8, 4) is 5.75 Å². The van der Waals surface area contributed by atoms with Crippen LogP contribution in [0.1, 0.15) is 24.3 Å². The molecule has 5 nitrogen and oxygen atoms in total. The Hall–Kier alpha value is -2.37. The van der Waals surface area contributed by atoms with E-state index < -0.39 is 5.97 Å². The molecule has 26 heavy (non-hydrogen) atoms. The topological polar surface area (TPSA) is 61.2 Å². The van der Waals surface area contributed by atoms with Gasteiger partial charge in [0, 0.05) is 23.0 Å². The molecule has 0 N–H and O–H groups in total. The lowest BCUT2D eigenvalue weighted by molar-refractivity contribution is 0.0728. The van der Waals surface area contributed by atoms with Gasteiger partial charge in [0.05, 0.1) is 10.4 Å². The highest BCUT2D eigenvalue weighted by atomic mass is 35.5. The Bertz CT molecular complexity index is 1040. The molecule has 1 heterocycles. The molecular weight excluding hydrogens is 375 g/mol. The van der Waals surface area contributed by atoms with Crippen molar-refractivity contribution in [3.05, 3.63) is 68.6 Å². The molecule has 3 aromatic rings. The Morgan fingerprint density at radius 3 is 2.54 bits per heavy atom. The first-order chi connectivity index (χ1) is 12.4. The third-order valence-electron chi connectivity index (χ3n) is 3.70. The Kier molecular flexibility index (Phi) is 5.30. The Morgan fingerprint density at radius 2 is 1.85 bits per heavy atom. The Balaban J connectivity index is 2.11. The number of ether oxygens (including phenoxy) is 1. The van der Waals surface area contributed by atoms with Crippen LogP contribution in [0.25, 0.3) is 10.8 Å². The minimum atomic E-state index is -0.706. The zero-order chi connectivity index (χ0) is 18.8. The maximum Gasteiger partial charge on any atom is 0.364 e. The first kappa shape index (κ1) is 18.4. The number of esters is 1. The lowest BCUT2D eigenvalue weighted by Crippen LogP contribution is -2.28. The second-order valence-electron chi connectivity index (χ2n) is 6.24. The first-order valence-corrected chi connectivity index (χ1v) is 8.79. The standard InChI is InChI=1S/C19H16Cl2N2O3/c1-11(2)10-23-18(24)14-6-4-3-5-13(14)17(22-23)19(25)26-16-9-12(20)7-8-15(16)21/h3-9,11H,10H2,1-2H3. The van der Waals surface area contributed by atoms with E-state index in [0.29, 0.717) is 22.3 Å². The number of nitrogens with zero attached hydrogens (tertiary/aromatic N) is 2. The second kappa shape index (κ2) is 7.48. The van der Waals surface area contributed by atoms with E-state index in [2.05, 4.69) is 5.10 Å². The lowest BCUT2D eigenvalue weighted by atomic mass is 10.1. The predicted molar refractivity (Wildman–Crippen MR) is 102 cm³/mol. The van der Waals surface area contributed by atoms with E-state index in [1.165, 1.54) is 16.8 Å². The van der Waals surface area contributed by atoms with Gasteiger partial charge >= 0.3 is 5.97 Å². The molecule has 0 unspecified atom stereocenters. The molecule has 0 bridgehead atoms. The van der Waals surface area contributed by atoms with Crippen LogP contribution in [0, 0.1) is 5.92 Å². The van der Waals surface area contributed by atoms with Gasteiger partial charge < -0.3 is 4.74 Å². The van der Waals surface area contributed by atoms with E-state index in [1.54, 1.807) is 30.3 Å². The van der Waals surface area contributed by atoms with Gasteiger partial charge in [-0.25, -0.2) is 9.48 Å². The van der Waals surface area contributed by atoms with Crippen LogP contribution >= 0.6 is 23.2 Å². The molecule has 3 rings (SSSR count). The Morgan fingerprint density at radius 1 is 1.15 bits per heavy atom. The van der Waals surface area contributed by atoms with Crippen molar-refractivity contribution in [2.75, 3.05) is 0 Å². The van der Waals surface area contributed by atoms with Crippen molar-refractivity contribution in [3.63, 3.8) is 0 Å². The number of aromatic nitrogens is 2.